The summed E-state index contributed by atoms with van der Waals surface area (Å²) in [7, 11) is 5.85. The number of rotatable bonds is 10. The van der Waals surface area contributed by atoms with Crippen molar-refractivity contribution in [2.24, 2.45) is 0 Å². The Morgan fingerprint density at radius 1 is 1.05 bits per heavy atom. The van der Waals surface area contributed by atoms with Crippen LogP contribution >= 0.6 is 0 Å². The number of fused-ring (bicyclic) bond motifs is 2. The van der Waals surface area contributed by atoms with E-state index < -0.39 is 0 Å². The van der Waals surface area contributed by atoms with Gasteiger partial charge in [-0.05, 0) is 68.9 Å². The van der Waals surface area contributed by atoms with Gasteiger partial charge in [-0.1, -0.05) is 29.4 Å². The molecular weight excluding hydrogens is 504 g/mol. The van der Waals surface area contributed by atoms with Crippen LogP contribution in [0.15, 0.2) is 71.4 Å². The molecule has 8 heteroatoms. The number of hydrogen-bond donors (Lipinski definition) is 1. The number of aromatic nitrogens is 2. The number of methoxy groups -OCH3 is 1. The molecular formula is C32H32N4O4. The van der Waals surface area contributed by atoms with Crippen LogP contribution in [-0.4, -0.2) is 54.2 Å². The molecule has 204 valence electrons. The largest absolute Gasteiger partial charge is 0.493 e. The summed E-state index contributed by atoms with van der Waals surface area (Å²) in [5.41, 5.74) is 4.02. The van der Waals surface area contributed by atoms with Crippen molar-refractivity contribution in [1.29, 1.82) is 0 Å². The van der Waals surface area contributed by atoms with Gasteiger partial charge < -0.3 is 24.2 Å². The fourth-order valence-corrected chi connectivity index (χ4v) is 5.13. The maximum atomic E-state index is 13.1. The van der Waals surface area contributed by atoms with Crippen molar-refractivity contribution in [2.45, 2.75) is 31.7 Å². The molecule has 6 rings (SSSR count). The maximum absolute atomic E-state index is 13.1. The number of aryl methyl sites for hydroxylation is 1. The Morgan fingerprint density at radius 2 is 1.90 bits per heavy atom. The highest BCUT2D eigenvalue weighted by Crippen LogP contribution is 2.42. The lowest BCUT2D eigenvalue weighted by molar-refractivity contribution is 0.0992. The number of likely N-dealkylation sites (N-methyl/N-ethyl adjacent to an activating group) is 1. The molecule has 0 amide bonds. The molecule has 1 fully saturated rings. The van der Waals surface area contributed by atoms with Crippen LogP contribution in [0.4, 0.5) is 11.4 Å². The topological polar surface area (TPSA) is 89.7 Å². The van der Waals surface area contributed by atoms with E-state index in [0.717, 1.165) is 45.9 Å². The van der Waals surface area contributed by atoms with Crippen LogP contribution in [0.1, 0.15) is 34.7 Å². The molecule has 0 saturated heterocycles. The minimum Gasteiger partial charge on any atom is -0.493 e. The second kappa shape index (κ2) is 10.3. The minimum absolute atomic E-state index is 0.00282. The van der Waals surface area contributed by atoms with Gasteiger partial charge in [0, 0.05) is 40.7 Å². The number of carbonyl (C=O) groups is 1. The van der Waals surface area contributed by atoms with Crippen LogP contribution in [0.2, 0.25) is 0 Å². The summed E-state index contributed by atoms with van der Waals surface area (Å²) in [6.07, 6.45) is 4.24. The number of ether oxygens (including phenoxy) is 2. The number of pyridine rings is 1. The number of anilines is 2. The third kappa shape index (κ3) is 4.98. The highest BCUT2D eigenvalue weighted by molar-refractivity contribution is 6.09. The van der Waals surface area contributed by atoms with Crippen LogP contribution in [-0.2, 0) is 6.42 Å². The predicted octanol–water partition coefficient (Wildman–Crippen LogP) is 6.34. The molecule has 3 aromatic carbocycles. The maximum Gasteiger partial charge on any atom is 0.169 e. The first-order chi connectivity index (χ1) is 19.3. The molecule has 1 saturated carbocycles. The first-order valence-corrected chi connectivity index (χ1v) is 13.4. The van der Waals surface area contributed by atoms with Gasteiger partial charge in [-0.2, -0.15) is 0 Å². The number of nitrogens with one attached hydrogen (secondary N) is 1. The first kappa shape index (κ1) is 25.8. The van der Waals surface area contributed by atoms with Gasteiger partial charge in [-0.25, -0.2) is 0 Å². The van der Waals surface area contributed by atoms with Crippen LogP contribution < -0.4 is 14.8 Å². The van der Waals surface area contributed by atoms with Crippen molar-refractivity contribution in [3.05, 3.63) is 83.9 Å². The highest BCUT2D eigenvalue weighted by Gasteiger charge is 2.45. The van der Waals surface area contributed by atoms with E-state index in [4.69, 9.17) is 14.0 Å². The Bertz CT molecular complexity index is 1720. The summed E-state index contributed by atoms with van der Waals surface area (Å²) in [5, 5.41) is 10.3. The molecule has 2 heterocycles. The van der Waals surface area contributed by atoms with Crippen molar-refractivity contribution in [1.82, 2.24) is 15.0 Å². The average molecular weight is 537 g/mol. The molecule has 8 nitrogen and oxygen atoms in total. The summed E-state index contributed by atoms with van der Waals surface area (Å²) in [6.45, 7) is 2.43. The van der Waals surface area contributed by atoms with E-state index in [1.807, 2.05) is 61.5 Å². The van der Waals surface area contributed by atoms with Crippen LogP contribution in [0.3, 0.4) is 0 Å². The van der Waals surface area contributed by atoms with Gasteiger partial charge in [0.05, 0.1) is 30.3 Å². The zero-order chi connectivity index (χ0) is 27.9. The molecule has 0 radical (unpaired) electrons. The van der Waals surface area contributed by atoms with E-state index in [-0.39, 0.29) is 17.7 Å². The zero-order valence-corrected chi connectivity index (χ0v) is 23.2. The molecule has 1 N–H and O–H groups in total. The van der Waals surface area contributed by atoms with Crippen molar-refractivity contribution in [2.75, 3.05) is 33.1 Å². The number of ketones is 1. The van der Waals surface area contributed by atoms with Gasteiger partial charge in [0.15, 0.2) is 17.3 Å². The minimum atomic E-state index is 0.00282. The molecule has 0 aliphatic heterocycles. The summed E-state index contributed by atoms with van der Waals surface area (Å²) in [4.78, 5) is 19.9. The van der Waals surface area contributed by atoms with Crippen LogP contribution in [0.5, 0.6) is 11.5 Å². The van der Waals surface area contributed by atoms with Gasteiger partial charge in [0.1, 0.15) is 12.4 Å². The van der Waals surface area contributed by atoms with Crippen LogP contribution in [0.25, 0.3) is 21.7 Å². The van der Waals surface area contributed by atoms with Gasteiger partial charge in [-0.3, -0.25) is 9.78 Å². The number of hydrogen-bond acceptors (Lipinski definition) is 8. The van der Waals surface area contributed by atoms with Crippen LogP contribution in [0, 0.1) is 6.92 Å². The standard InChI is InChI=1S/C32H32N4O4/c1-20-14-23(35-40-20)16-29(37)25-7-5-6-21-15-22(8-9-24(21)25)34-27-10-13-33-28-18-31(30(38-4)17-26(27)28)39-19-32(11-12-32)36(2)3/h5-10,13-15,17-18H,11-12,16,19H2,1-4H3,(H,33,34). The molecule has 1 aliphatic rings. The highest BCUT2D eigenvalue weighted by atomic mass is 16.5. The SMILES string of the molecule is COc1cc2c(Nc3ccc4c(C(=O)Cc5cc(C)on5)cccc4c3)ccnc2cc1OCC1(N(C)C)CC1. The molecule has 0 atom stereocenters. The molecule has 5 aromatic rings. The molecule has 1 aliphatic carbocycles. The Labute approximate surface area is 232 Å². The Kier molecular flexibility index (Phi) is 6.64. The quantitative estimate of drug-likeness (QED) is 0.207. The normalized spacial score (nSPS) is 14.0. The molecule has 0 unspecified atom stereocenters. The Balaban J connectivity index is 1.26. The molecule has 40 heavy (non-hydrogen) atoms. The third-order valence-electron chi connectivity index (χ3n) is 7.78. The lowest BCUT2D eigenvalue weighted by Gasteiger charge is -2.24. The summed E-state index contributed by atoms with van der Waals surface area (Å²) >= 11 is 0. The Hall–Kier alpha value is -4.43. The van der Waals surface area contributed by atoms with Crippen molar-refractivity contribution < 1.29 is 18.8 Å². The fraction of sp³-hybridized carbons (Fsp3) is 0.281. The van der Waals surface area contributed by atoms with Gasteiger partial charge in [-0.15, -0.1) is 0 Å². The summed E-state index contributed by atoms with van der Waals surface area (Å²) in [6, 6.07) is 19.4. The predicted molar refractivity (Wildman–Crippen MR) is 156 cm³/mol. The van der Waals surface area contributed by atoms with Gasteiger partial charge in [0.2, 0.25) is 0 Å². The molecule has 0 bridgehead atoms. The first-order valence-electron chi connectivity index (χ1n) is 13.4. The molecule has 2 aromatic heterocycles. The lowest BCUT2D eigenvalue weighted by Crippen LogP contribution is -2.35. The number of carbonyl (C=O) groups excluding carboxylic acids is 1. The van der Waals surface area contributed by atoms with E-state index in [9.17, 15) is 4.79 Å². The zero-order valence-electron chi connectivity index (χ0n) is 23.2. The van der Waals surface area contributed by atoms with Gasteiger partial charge >= 0.3 is 0 Å². The van der Waals surface area contributed by atoms with Crippen molar-refractivity contribution >= 4 is 38.8 Å². The van der Waals surface area contributed by atoms with E-state index in [2.05, 4.69) is 34.5 Å². The monoisotopic (exact) mass is 536 g/mol. The second-order valence-corrected chi connectivity index (χ2v) is 10.7. The van der Waals surface area contributed by atoms with Gasteiger partial charge in [0.25, 0.3) is 0 Å². The summed E-state index contributed by atoms with van der Waals surface area (Å²) in [5.74, 6) is 2.05. The average Bonchev–Trinajstić information content (AvgIpc) is 3.65. The number of nitrogens with zero attached hydrogens (tertiary/aromatic N) is 3. The fourth-order valence-electron chi connectivity index (χ4n) is 5.13. The number of Topliss-reactive ketones (excluding diaryl/α,β-unsaturated/α-hetero) is 1. The van der Waals surface area contributed by atoms with Crippen molar-refractivity contribution in [3.63, 3.8) is 0 Å². The van der Waals surface area contributed by atoms with E-state index in [1.165, 1.54) is 0 Å². The van der Waals surface area contributed by atoms with Crippen molar-refractivity contribution in [3.8, 4) is 11.5 Å². The summed E-state index contributed by atoms with van der Waals surface area (Å²) < 4.78 is 17.1. The number of benzene rings is 3. The van der Waals surface area contributed by atoms with E-state index in [1.54, 1.807) is 19.4 Å². The smallest absolute Gasteiger partial charge is 0.169 e. The van der Waals surface area contributed by atoms with E-state index in [0.29, 0.717) is 35.1 Å². The van der Waals surface area contributed by atoms with E-state index >= 15 is 0 Å². The third-order valence-corrected chi connectivity index (χ3v) is 7.78. The lowest BCUT2D eigenvalue weighted by atomic mass is 9.98. The second-order valence-electron chi connectivity index (χ2n) is 10.7. The molecule has 0 spiro atoms. The Morgan fingerprint density at radius 3 is 2.62 bits per heavy atom.